The molecule has 4 nitrogen and oxygen atoms in total. The van der Waals surface area contributed by atoms with Crippen LogP contribution in [0.4, 0.5) is 4.39 Å². The lowest BCUT2D eigenvalue weighted by molar-refractivity contribution is 0.0935. The first-order valence-corrected chi connectivity index (χ1v) is 8.73. The molecule has 0 saturated heterocycles. The molecule has 0 fully saturated rings. The summed E-state index contributed by atoms with van der Waals surface area (Å²) in [4.78, 5) is 12.9. The Morgan fingerprint density at radius 2 is 2.08 bits per heavy atom. The third-order valence-corrected chi connectivity index (χ3v) is 5.04. The number of aryl methyl sites for hydroxylation is 2. The Kier molecular flexibility index (Phi) is 4.24. The van der Waals surface area contributed by atoms with Crippen molar-refractivity contribution < 1.29 is 13.7 Å². The average Bonchev–Trinajstić information content (AvgIpc) is 3.19. The number of nitrogens with one attached hydrogen (secondary N) is 1. The number of hydrogen-bond donors (Lipinski definition) is 1. The van der Waals surface area contributed by atoms with Crippen molar-refractivity contribution in [2.45, 2.75) is 25.8 Å². The summed E-state index contributed by atoms with van der Waals surface area (Å²) in [5, 5.41) is 7.09. The standard InChI is InChI=1S/C20H16ClFN2O2/c1-11-17(19(24-26-11)18-14(21)7-4-8-15(18)22)20(25)23-16-10-9-12-5-2-3-6-13(12)16/h2-8,16H,9-10H2,1H3,(H,23,25). The van der Waals surface area contributed by atoms with Crippen molar-refractivity contribution in [3.05, 3.63) is 75.8 Å². The van der Waals surface area contributed by atoms with E-state index in [1.165, 1.54) is 17.7 Å². The zero-order valence-corrected chi connectivity index (χ0v) is 14.8. The number of fused-ring (bicyclic) bond motifs is 1. The Labute approximate surface area is 155 Å². The third kappa shape index (κ3) is 2.78. The largest absolute Gasteiger partial charge is 0.360 e. The van der Waals surface area contributed by atoms with Gasteiger partial charge in [-0.2, -0.15) is 0 Å². The fourth-order valence-corrected chi connectivity index (χ4v) is 3.72. The molecule has 0 spiro atoms. The predicted molar refractivity (Wildman–Crippen MR) is 96.6 cm³/mol. The van der Waals surface area contributed by atoms with E-state index in [1.54, 1.807) is 13.0 Å². The Hall–Kier alpha value is -2.66. The highest BCUT2D eigenvalue weighted by molar-refractivity contribution is 6.33. The van der Waals surface area contributed by atoms with Gasteiger partial charge in [-0.3, -0.25) is 4.79 Å². The maximum absolute atomic E-state index is 14.3. The molecule has 4 rings (SSSR count). The van der Waals surface area contributed by atoms with E-state index in [4.69, 9.17) is 16.1 Å². The molecule has 6 heteroatoms. The van der Waals surface area contributed by atoms with Crippen molar-refractivity contribution in [3.8, 4) is 11.3 Å². The first-order chi connectivity index (χ1) is 12.6. The number of nitrogens with zero attached hydrogens (tertiary/aromatic N) is 1. The minimum absolute atomic E-state index is 0.0722. The molecule has 1 N–H and O–H groups in total. The molecule has 1 aliphatic rings. The number of carbonyl (C=O) groups excluding carboxylic acids is 1. The molecule has 132 valence electrons. The topological polar surface area (TPSA) is 55.1 Å². The molecule has 1 atom stereocenters. The van der Waals surface area contributed by atoms with Crippen molar-refractivity contribution in [1.29, 1.82) is 0 Å². The monoisotopic (exact) mass is 370 g/mol. The zero-order chi connectivity index (χ0) is 18.3. The van der Waals surface area contributed by atoms with Gasteiger partial charge < -0.3 is 9.84 Å². The van der Waals surface area contributed by atoms with Crippen molar-refractivity contribution in [3.63, 3.8) is 0 Å². The molecule has 1 aliphatic carbocycles. The van der Waals surface area contributed by atoms with Gasteiger partial charge >= 0.3 is 0 Å². The quantitative estimate of drug-likeness (QED) is 0.716. The van der Waals surface area contributed by atoms with Crippen LogP contribution in [-0.4, -0.2) is 11.1 Å². The number of rotatable bonds is 3. The van der Waals surface area contributed by atoms with E-state index in [0.29, 0.717) is 5.76 Å². The van der Waals surface area contributed by atoms with Gasteiger partial charge in [0.05, 0.1) is 16.6 Å². The lowest BCUT2D eigenvalue weighted by Crippen LogP contribution is -2.27. The molecule has 0 saturated carbocycles. The highest BCUT2D eigenvalue weighted by atomic mass is 35.5. The molecule has 0 aliphatic heterocycles. The molecule has 0 radical (unpaired) electrons. The summed E-state index contributed by atoms with van der Waals surface area (Å²) < 4.78 is 19.5. The van der Waals surface area contributed by atoms with E-state index < -0.39 is 5.82 Å². The minimum atomic E-state index is -0.550. The highest BCUT2D eigenvalue weighted by Crippen LogP contribution is 2.35. The Morgan fingerprint density at radius 3 is 2.88 bits per heavy atom. The van der Waals surface area contributed by atoms with Crippen LogP contribution in [0.3, 0.4) is 0 Å². The van der Waals surface area contributed by atoms with Crippen molar-refractivity contribution in [1.82, 2.24) is 10.5 Å². The molecule has 2 aromatic carbocycles. The van der Waals surface area contributed by atoms with Gasteiger partial charge in [0.1, 0.15) is 22.8 Å². The second kappa shape index (κ2) is 6.57. The summed E-state index contributed by atoms with van der Waals surface area (Å²) in [6.07, 6.45) is 1.74. The van der Waals surface area contributed by atoms with Crippen LogP contribution in [0.25, 0.3) is 11.3 Å². The summed E-state index contributed by atoms with van der Waals surface area (Å²) in [5.41, 5.74) is 2.75. The fraction of sp³-hybridized carbons (Fsp3) is 0.200. The van der Waals surface area contributed by atoms with E-state index in [9.17, 15) is 9.18 Å². The number of halogens is 2. The number of benzene rings is 2. The summed E-state index contributed by atoms with van der Waals surface area (Å²) in [5.74, 6) is -0.575. The molecule has 1 unspecified atom stereocenters. The van der Waals surface area contributed by atoms with E-state index in [0.717, 1.165) is 18.4 Å². The van der Waals surface area contributed by atoms with E-state index in [-0.39, 0.29) is 33.8 Å². The van der Waals surface area contributed by atoms with Gasteiger partial charge in [-0.1, -0.05) is 47.1 Å². The molecule has 0 bridgehead atoms. The van der Waals surface area contributed by atoms with Crippen LogP contribution in [0.1, 0.15) is 39.7 Å². The van der Waals surface area contributed by atoms with Crippen molar-refractivity contribution in [2.75, 3.05) is 0 Å². The summed E-state index contributed by atoms with van der Waals surface area (Å²) in [6, 6.07) is 12.3. The van der Waals surface area contributed by atoms with Crippen LogP contribution in [0.5, 0.6) is 0 Å². The van der Waals surface area contributed by atoms with Crippen LogP contribution >= 0.6 is 11.6 Å². The first kappa shape index (κ1) is 16.8. The molecule has 26 heavy (non-hydrogen) atoms. The van der Waals surface area contributed by atoms with Gasteiger partial charge in [0, 0.05) is 0 Å². The van der Waals surface area contributed by atoms with Crippen molar-refractivity contribution in [2.24, 2.45) is 0 Å². The second-order valence-electron chi connectivity index (χ2n) is 6.32. The molecule has 1 amide bonds. The Bertz CT molecular complexity index is 979. The smallest absolute Gasteiger partial charge is 0.257 e. The third-order valence-electron chi connectivity index (χ3n) is 4.73. The number of carbonyl (C=O) groups is 1. The fourth-order valence-electron chi connectivity index (χ4n) is 3.47. The molecule has 3 aromatic rings. The highest BCUT2D eigenvalue weighted by Gasteiger charge is 2.29. The Morgan fingerprint density at radius 1 is 1.27 bits per heavy atom. The van der Waals surface area contributed by atoms with E-state index in [2.05, 4.69) is 16.5 Å². The van der Waals surface area contributed by atoms with Gasteiger partial charge in [0.2, 0.25) is 0 Å². The second-order valence-corrected chi connectivity index (χ2v) is 6.73. The predicted octanol–water partition coefficient (Wildman–Crippen LogP) is 4.86. The molecular formula is C20H16ClFN2O2. The molecule has 1 heterocycles. The van der Waals surface area contributed by atoms with Crippen LogP contribution in [0.2, 0.25) is 5.02 Å². The van der Waals surface area contributed by atoms with Crippen LogP contribution in [0, 0.1) is 12.7 Å². The van der Waals surface area contributed by atoms with Crippen LogP contribution in [0.15, 0.2) is 47.0 Å². The average molecular weight is 371 g/mol. The summed E-state index contributed by atoms with van der Waals surface area (Å²) in [7, 11) is 0. The molecule has 1 aromatic heterocycles. The van der Waals surface area contributed by atoms with Crippen LogP contribution < -0.4 is 5.32 Å². The van der Waals surface area contributed by atoms with Gasteiger partial charge in [-0.15, -0.1) is 0 Å². The number of amides is 1. The summed E-state index contributed by atoms with van der Waals surface area (Å²) in [6.45, 7) is 1.63. The number of aromatic nitrogens is 1. The van der Waals surface area contributed by atoms with Gasteiger partial charge in [0.25, 0.3) is 5.91 Å². The molecular weight excluding hydrogens is 355 g/mol. The maximum atomic E-state index is 14.3. The lowest BCUT2D eigenvalue weighted by atomic mass is 10.0. The maximum Gasteiger partial charge on any atom is 0.257 e. The van der Waals surface area contributed by atoms with Gasteiger partial charge in [0.15, 0.2) is 0 Å². The van der Waals surface area contributed by atoms with Gasteiger partial charge in [-0.25, -0.2) is 4.39 Å². The SMILES string of the molecule is Cc1onc(-c2c(F)cccc2Cl)c1C(=O)NC1CCc2ccccc21. The van der Waals surface area contributed by atoms with E-state index >= 15 is 0 Å². The van der Waals surface area contributed by atoms with E-state index in [1.807, 2.05) is 18.2 Å². The first-order valence-electron chi connectivity index (χ1n) is 8.35. The van der Waals surface area contributed by atoms with Crippen molar-refractivity contribution >= 4 is 17.5 Å². The normalized spacial score (nSPS) is 15.7. The summed E-state index contributed by atoms with van der Waals surface area (Å²) >= 11 is 6.13. The zero-order valence-electron chi connectivity index (χ0n) is 14.1. The Balaban J connectivity index is 1.69. The minimum Gasteiger partial charge on any atom is -0.360 e. The number of hydrogen-bond acceptors (Lipinski definition) is 3. The van der Waals surface area contributed by atoms with Gasteiger partial charge in [-0.05, 0) is 43.0 Å². The lowest BCUT2D eigenvalue weighted by Gasteiger charge is -2.14. The van der Waals surface area contributed by atoms with Crippen LogP contribution in [-0.2, 0) is 6.42 Å².